The molecule has 0 spiro atoms. The number of nitrogens with zero attached hydrogens (tertiary/aromatic N) is 1. The van der Waals surface area contributed by atoms with E-state index < -0.39 is 38.1 Å². The molecule has 1 saturated heterocycles. The standard InChI is InChI=1S/C12H16NO8P/c1-22(18,19)20-6-8-9(14)10(15)11(21-8)13-4-2-3-7(5-13)12(16)17/h2-5,8-11,14-15H,6H2,1H3,(H-,16,17,18,19)/p+1/t8-,9-,10-,11-/m1/s1. The summed E-state index contributed by atoms with van der Waals surface area (Å²) in [5.74, 6) is -1.14. The van der Waals surface area contributed by atoms with E-state index in [0.717, 1.165) is 6.66 Å². The van der Waals surface area contributed by atoms with E-state index >= 15 is 0 Å². The summed E-state index contributed by atoms with van der Waals surface area (Å²) in [5.41, 5.74) is -0.0130. The maximum Gasteiger partial charge on any atom is 0.341 e. The average Bonchev–Trinajstić information content (AvgIpc) is 2.72. The lowest BCUT2D eigenvalue weighted by atomic mass is 10.1. The molecule has 2 heterocycles. The Morgan fingerprint density at radius 3 is 2.73 bits per heavy atom. The van der Waals surface area contributed by atoms with E-state index in [4.69, 9.17) is 14.7 Å². The molecule has 4 N–H and O–H groups in total. The summed E-state index contributed by atoms with van der Waals surface area (Å²) in [6.45, 7) is 0.617. The van der Waals surface area contributed by atoms with E-state index in [0.29, 0.717) is 0 Å². The van der Waals surface area contributed by atoms with Gasteiger partial charge >= 0.3 is 13.6 Å². The first-order valence-electron chi connectivity index (χ1n) is 6.39. The number of pyridine rings is 1. The predicted molar refractivity (Wildman–Crippen MR) is 71.2 cm³/mol. The van der Waals surface area contributed by atoms with Crippen molar-refractivity contribution in [1.29, 1.82) is 0 Å². The molecule has 0 aliphatic carbocycles. The van der Waals surface area contributed by atoms with Crippen molar-refractivity contribution >= 4 is 13.6 Å². The van der Waals surface area contributed by atoms with E-state index in [1.807, 2.05) is 0 Å². The van der Waals surface area contributed by atoms with E-state index in [1.165, 1.54) is 29.1 Å². The van der Waals surface area contributed by atoms with Gasteiger partial charge in [-0.2, -0.15) is 4.57 Å². The molecule has 0 saturated carbocycles. The quantitative estimate of drug-likeness (QED) is 0.402. The maximum absolute atomic E-state index is 11.1. The van der Waals surface area contributed by atoms with Crippen molar-refractivity contribution in [2.24, 2.45) is 0 Å². The Kier molecular flexibility index (Phi) is 4.96. The number of hydrogen-bond acceptors (Lipinski definition) is 6. The number of rotatable bonds is 5. The summed E-state index contributed by atoms with van der Waals surface area (Å²) in [4.78, 5) is 20.0. The summed E-state index contributed by atoms with van der Waals surface area (Å²) >= 11 is 0. The van der Waals surface area contributed by atoms with Gasteiger partial charge in [-0.1, -0.05) is 0 Å². The summed E-state index contributed by atoms with van der Waals surface area (Å²) in [7, 11) is -3.73. The lowest BCUT2D eigenvalue weighted by Crippen LogP contribution is -2.46. The van der Waals surface area contributed by atoms with Crippen LogP contribution in [0.25, 0.3) is 0 Å². The smallest absolute Gasteiger partial charge is 0.341 e. The first kappa shape index (κ1) is 17.0. The fourth-order valence-electron chi connectivity index (χ4n) is 2.10. The minimum absolute atomic E-state index is 0.0130. The van der Waals surface area contributed by atoms with Gasteiger partial charge in [0, 0.05) is 12.7 Å². The van der Waals surface area contributed by atoms with Crippen molar-refractivity contribution in [3.05, 3.63) is 30.1 Å². The van der Waals surface area contributed by atoms with Crippen LogP contribution >= 0.6 is 7.60 Å². The summed E-state index contributed by atoms with van der Waals surface area (Å²) in [5, 5.41) is 28.9. The summed E-state index contributed by atoms with van der Waals surface area (Å²) in [6.07, 6.45) is -1.98. The zero-order valence-corrected chi connectivity index (χ0v) is 12.5. The molecular formula is C12H17NO8P+. The molecule has 1 aliphatic rings. The van der Waals surface area contributed by atoms with Crippen LogP contribution in [-0.4, -0.2) is 57.8 Å². The monoisotopic (exact) mass is 334 g/mol. The summed E-state index contributed by atoms with van der Waals surface area (Å²) in [6, 6.07) is 2.83. The van der Waals surface area contributed by atoms with Gasteiger partial charge < -0.3 is 29.5 Å². The fraction of sp³-hybridized carbons (Fsp3) is 0.500. The van der Waals surface area contributed by atoms with Crippen molar-refractivity contribution in [1.82, 2.24) is 0 Å². The molecule has 0 amide bonds. The third-order valence-electron chi connectivity index (χ3n) is 3.18. The van der Waals surface area contributed by atoms with Gasteiger partial charge in [0.05, 0.1) is 6.61 Å². The van der Waals surface area contributed by atoms with Crippen LogP contribution in [0.5, 0.6) is 0 Å². The highest BCUT2D eigenvalue weighted by Crippen LogP contribution is 2.38. The molecule has 5 atom stereocenters. The first-order chi connectivity index (χ1) is 10.2. The number of carboxylic acid groups (broad SMARTS) is 1. The zero-order valence-electron chi connectivity index (χ0n) is 11.6. The third-order valence-corrected chi connectivity index (χ3v) is 3.81. The fourth-order valence-corrected chi connectivity index (χ4v) is 2.53. The Morgan fingerprint density at radius 2 is 2.14 bits per heavy atom. The van der Waals surface area contributed by atoms with Crippen molar-refractivity contribution in [3.8, 4) is 0 Å². The second-order valence-corrected chi connectivity index (χ2v) is 6.85. The number of aliphatic hydroxyl groups excluding tert-OH is 2. The van der Waals surface area contributed by atoms with Crippen molar-refractivity contribution in [3.63, 3.8) is 0 Å². The van der Waals surface area contributed by atoms with Crippen LogP contribution in [0.1, 0.15) is 16.6 Å². The van der Waals surface area contributed by atoms with E-state index in [-0.39, 0.29) is 12.2 Å². The molecule has 2 rings (SSSR count). The lowest BCUT2D eigenvalue weighted by Gasteiger charge is -2.14. The number of carboxylic acids is 1. The Morgan fingerprint density at radius 1 is 1.45 bits per heavy atom. The van der Waals surface area contributed by atoms with Gasteiger partial charge in [0.2, 0.25) is 0 Å². The lowest BCUT2D eigenvalue weighted by molar-refractivity contribution is -0.765. The third kappa shape index (κ3) is 3.89. The Hall–Kier alpha value is -1.35. The molecule has 0 aromatic carbocycles. The minimum Gasteiger partial charge on any atom is -0.477 e. The Bertz CT molecular complexity index is 603. The zero-order chi connectivity index (χ0) is 16.5. The number of ether oxygens (including phenoxy) is 1. The molecule has 22 heavy (non-hydrogen) atoms. The molecule has 1 unspecified atom stereocenters. The number of hydrogen-bond donors (Lipinski definition) is 4. The van der Waals surface area contributed by atoms with Gasteiger partial charge in [-0.25, -0.2) is 4.79 Å². The molecule has 1 fully saturated rings. The van der Waals surface area contributed by atoms with Crippen molar-refractivity contribution < 1.29 is 43.4 Å². The first-order valence-corrected chi connectivity index (χ1v) is 8.42. The van der Waals surface area contributed by atoms with Gasteiger partial charge in [-0.05, 0) is 6.07 Å². The van der Waals surface area contributed by atoms with Crippen LogP contribution in [0, 0.1) is 0 Å². The van der Waals surface area contributed by atoms with E-state index in [1.54, 1.807) is 0 Å². The molecule has 122 valence electrons. The van der Waals surface area contributed by atoms with Gasteiger partial charge in [-0.3, -0.25) is 4.57 Å². The second-order valence-electron chi connectivity index (χ2n) is 4.99. The number of aromatic nitrogens is 1. The Labute approximate surface area is 125 Å². The molecule has 1 aromatic heterocycles. The molecule has 1 aliphatic heterocycles. The Balaban J connectivity index is 2.14. The number of carbonyl (C=O) groups is 1. The van der Waals surface area contributed by atoms with Crippen LogP contribution < -0.4 is 4.57 Å². The van der Waals surface area contributed by atoms with Crippen LogP contribution in [0.4, 0.5) is 0 Å². The van der Waals surface area contributed by atoms with Gasteiger partial charge in [0.25, 0.3) is 6.23 Å². The van der Waals surface area contributed by atoms with Gasteiger partial charge in [-0.15, -0.1) is 0 Å². The maximum atomic E-state index is 11.1. The molecule has 1 aromatic rings. The average molecular weight is 334 g/mol. The number of aliphatic hydroxyl groups is 2. The minimum atomic E-state index is -3.73. The molecule has 0 bridgehead atoms. The van der Waals surface area contributed by atoms with Crippen LogP contribution in [0.15, 0.2) is 24.5 Å². The highest BCUT2D eigenvalue weighted by atomic mass is 31.2. The molecule has 0 radical (unpaired) electrons. The summed E-state index contributed by atoms with van der Waals surface area (Å²) < 4.78 is 22.5. The van der Waals surface area contributed by atoms with E-state index in [2.05, 4.69) is 4.52 Å². The van der Waals surface area contributed by atoms with Crippen LogP contribution in [-0.2, 0) is 13.8 Å². The predicted octanol–water partition coefficient (Wildman–Crippen LogP) is -0.877. The van der Waals surface area contributed by atoms with Crippen molar-refractivity contribution in [2.45, 2.75) is 24.5 Å². The SMILES string of the molecule is CP(=O)(O)OC[C@H]1O[C@@H]([n+]2cccc(C(=O)O)c2)[C@H](O)[C@@H]1O. The van der Waals surface area contributed by atoms with E-state index in [9.17, 15) is 19.6 Å². The van der Waals surface area contributed by atoms with Gasteiger partial charge in [0.1, 0.15) is 17.8 Å². The molecular weight excluding hydrogens is 317 g/mol. The largest absolute Gasteiger partial charge is 0.477 e. The van der Waals surface area contributed by atoms with Crippen LogP contribution in [0.2, 0.25) is 0 Å². The highest BCUT2D eigenvalue weighted by molar-refractivity contribution is 7.51. The second kappa shape index (κ2) is 6.41. The number of aromatic carboxylic acids is 1. The topological polar surface area (TPSA) is 137 Å². The molecule has 9 nitrogen and oxygen atoms in total. The van der Waals surface area contributed by atoms with Gasteiger partial charge in [0.15, 0.2) is 18.5 Å². The molecule has 10 heteroatoms. The van der Waals surface area contributed by atoms with Crippen molar-refractivity contribution in [2.75, 3.05) is 13.3 Å². The normalized spacial score (nSPS) is 30.9. The van der Waals surface area contributed by atoms with Crippen LogP contribution in [0.3, 0.4) is 0 Å². The highest BCUT2D eigenvalue weighted by Gasteiger charge is 2.48.